The third-order valence-corrected chi connectivity index (χ3v) is 3.31. The fourth-order valence-electron chi connectivity index (χ4n) is 1.17. The van der Waals surface area contributed by atoms with Crippen LogP contribution in [0, 0.1) is 5.92 Å². The van der Waals surface area contributed by atoms with Crippen molar-refractivity contribution in [2.24, 2.45) is 5.92 Å². The molecule has 0 aliphatic heterocycles. The molecule has 0 aliphatic carbocycles. The van der Waals surface area contributed by atoms with E-state index in [9.17, 15) is 13.2 Å². The van der Waals surface area contributed by atoms with Gasteiger partial charge < -0.3 is 9.64 Å². The summed E-state index contributed by atoms with van der Waals surface area (Å²) in [6.45, 7) is 8.77. The molecule has 0 bridgehead atoms. The molecule has 0 heterocycles. The van der Waals surface area contributed by atoms with Crippen molar-refractivity contribution in [2.45, 2.75) is 33.1 Å². The number of ether oxygens (including phenoxy) is 1. The quantitative estimate of drug-likeness (QED) is 0.397. The number of hydrogen-bond donors (Lipinski definition) is 1. The number of esters is 1. The normalized spacial score (nSPS) is 12.3. The monoisotopic (exact) mass is 323 g/mol. The Labute approximate surface area is 128 Å². The summed E-state index contributed by atoms with van der Waals surface area (Å²) in [5.74, 6) is -0.0354. The summed E-state index contributed by atoms with van der Waals surface area (Å²) >= 11 is 0. The molecule has 21 heavy (non-hydrogen) atoms. The van der Waals surface area contributed by atoms with E-state index in [-0.39, 0.29) is 11.7 Å². The predicted octanol–water partition coefficient (Wildman–Crippen LogP) is 1.98. The van der Waals surface area contributed by atoms with Crippen LogP contribution in [0.1, 0.15) is 33.1 Å². The summed E-state index contributed by atoms with van der Waals surface area (Å²) in [6, 6.07) is 0. The SMILES string of the molecule is C=CC(=O)OCC(C)CCN(C)C.CCCCS(=O)(=O)O. The van der Waals surface area contributed by atoms with E-state index >= 15 is 0 Å². The van der Waals surface area contributed by atoms with E-state index in [1.165, 1.54) is 6.08 Å². The second kappa shape index (κ2) is 12.8. The molecule has 0 radical (unpaired) electrons. The van der Waals surface area contributed by atoms with Gasteiger partial charge in [0.2, 0.25) is 0 Å². The first-order valence-electron chi connectivity index (χ1n) is 7.01. The fourth-order valence-corrected chi connectivity index (χ4v) is 1.83. The van der Waals surface area contributed by atoms with E-state index < -0.39 is 10.1 Å². The van der Waals surface area contributed by atoms with Crippen LogP contribution in [0.3, 0.4) is 0 Å². The Morgan fingerprint density at radius 3 is 2.33 bits per heavy atom. The lowest BCUT2D eigenvalue weighted by Crippen LogP contribution is -2.18. The van der Waals surface area contributed by atoms with Crippen molar-refractivity contribution in [2.75, 3.05) is 33.0 Å². The van der Waals surface area contributed by atoms with Crippen LogP contribution >= 0.6 is 0 Å². The number of carbonyl (C=O) groups excluding carboxylic acids is 1. The first-order valence-corrected chi connectivity index (χ1v) is 8.62. The molecule has 0 rings (SSSR count). The van der Waals surface area contributed by atoms with Gasteiger partial charge >= 0.3 is 5.97 Å². The molecule has 1 unspecified atom stereocenters. The zero-order valence-corrected chi connectivity index (χ0v) is 14.4. The molecule has 0 aliphatic rings. The van der Waals surface area contributed by atoms with Crippen molar-refractivity contribution in [1.29, 1.82) is 0 Å². The average Bonchev–Trinajstić information content (AvgIpc) is 2.39. The number of rotatable bonds is 9. The lowest BCUT2D eigenvalue weighted by atomic mass is 10.1. The van der Waals surface area contributed by atoms with Gasteiger partial charge in [-0.1, -0.05) is 26.8 Å². The Balaban J connectivity index is 0. The number of nitrogens with zero attached hydrogens (tertiary/aromatic N) is 1. The average molecular weight is 323 g/mol. The lowest BCUT2D eigenvalue weighted by Gasteiger charge is -2.14. The fraction of sp³-hybridized carbons (Fsp3) is 0.786. The van der Waals surface area contributed by atoms with Gasteiger partial charge in [-0.3, -0.25) is 4.55 Å². The maximum Gasteiger partial charge on any atom is 0.330 e. The smallest absolute Gasteiger partial charge is 0.330 e. The van der Waals surface area contributed by atoms with Crippen molar-refractivity contribution >= 4 is 16.1 Å². The van der Waals surface area contributed by atoms with E-state index in [4.69, 9.17) is 9.29 Å². The zero-order valence-electron chi connectivity index (χ0n) is 13.5. The number of hydrogen-bond acceptors (Lipinski definition) is 5. The highest BCUT2D eigenvalue weighted by Gasteiger charge is 2.05. The van der Waals surface area contributed by atoms with Gasteiger partial charge in [-0.15, -0.1) is 0 Å². The second-order valence-corrected chi connectivity index (χ2v) is 6.74. The maximum absolute atomic E-state index is 10.7. The summed E-state index contributed by atoms with van der Waals surface area (Å²) in [6.07, 6.45) is 3.56. The van der Waals surface area contributed by atoms with Crippen molar-refractivity contribution in [3.05, 3.63) is 12.7 Å². The van der Waals surface area contributed by atoms with Crippen LogP contribution < -0.4 is 0 Å². The largest absolute Gasteiger partial charge is 0.462 e. The highest BCUT2D eigenvalue weighted by Crippen LogP contribution is 2.03. The summed E-state index contributed by atoms with van der Waals surface area (Å²) < 4.78 is 32.9. The molecule has 0 aromatic heterocycles. The maximum atomic E-state index is 10.7. The highest BCUT2D eigenvalue weighted by atomic mass is 32.2. The summed E-state index contributed by atoms with van der Waals surface area (Å²) in [7, 11) is 0.374. The number of unbranched alkanes of at least 4 members (excludes halogenated alkanes) is 1. The standard InChI is InChI=1S/C10H19NO2.C4H10O3S/c1-5-10(12)13-8-9(2)6-7-11(3)4;1-2-3-4-8(5,6)7/h5,9H,1,6-8H2,2-4H3;2-4H2,1H3,(H,5,6,7). The van der Waals surface area contributed by atoms with Gasteiger partial charge in [0.15, 0.2) is 0 Å². The van der Waals surface area contributed by atoms with Crippen LogP contribution in [0.5, 0.6) is 0 Å². The van der Waals surface area contributed by atoms with Gasteiger partial charge in [0, 0.05) is 6.08 Å². The van der Waals surface area contributed by atoms with Gasteiger partial charge in [0.05, 0.1) is 12.4 Å². The van der Waals surface area contributed by atoms with E-state index in [1.807, 2.05) is 21.0 Å². The summed E-state index contributed by atoms with van der Waals surface area (Å²) in [5.41, 5.74) is 0. The zero-order chi connectivity index (χ0) is 16.9. The minimum atomic E-state index is -3.69. The Kier molecular flexibility index (Phi) is 13.6. The van der Waals surface area contributed by atoms with Gasteiger partial charge in [-0.25, -0.2) is 4.79 Å². The molecule has 0 saturated carbocycles. The van der Waals surface area contributed by atoms with Crippen LogP contribution in [0.15, 0.2) is 12.7 Å². The van der Waals surface area contributed by atoms with Gasteiger partial charge in [0.1, 0.15) is 0 Å². The highest BCUT2D eigenvalue weighted by molar-refractivity contribution is 7.85. The Morgan fingerprint density at radius 2 is 2.00 bits per heavy atom. The minimum Gasteiger partial charge on any atom is -0.462 e. The molecule has 0 aromatic carbocycles. The molecule has 0 amide bonds. The van der Waals surface area contributed by atoms with Crippen LogP contribution in [0.2, 0.25) is 0 Å². The topological polar surface area (TPSA) is 83.9 Å². The predicted molar refractivity (Wildman–Crippen MR) is 84.8 cm³/mol. The van der Waals surface area contributed by atoms with Crippen LogP contribution in [-0.2, 0) is 19.6 Å². The molecule has 6 nitrogen and oxygen atoms in total. The Morgan fingerprint density at radius 1 is 1.43 bits per heavy atom. The molecule has 0 aromatic rings. The second-order valence-electron chi connectivity index (χ2n) is 5.17. The summed E-state index contributed by atoms with van der Waals surface area (Å²) in [5, 5.41) is 0. The van der Waals surface area contributed by atoms with E-state index in [0.717, 1.165) is 19.4 Å². The van der Waals surface area contributed by atoms with Crippen LogP contribution in [-0.4, -0.2) is 56.8 Å². The molecule has 1 atom stereocenters. The molecule has 0 saturated heterocycles. The molecule has 0 spiro atoms. The Bertz CT molecular complexity index is 379. The van der Waals surface area contributed by atoms with Crippen molar-refractivity contribution in [3.8, 4) is 0 Å². The van der Waals surface area contributed by atoms with Gasteiger partial charge in [0.25, 0.3) is 10.1 Å². The molecule has 1 N–H and O–H groups in total. The van der Waals surface area contributed by atoms with Crippen molar-refractivity contribution in [3.63, 3.8) is 0 Å². The van der Waals surface area contributed by atoms with Crippen molar-refractivity contribution < 1.29 is 22.5 Å². The molecule has 0 fully saturated rings. The third-order valence-electron chi connectivity index (χ3n) is 2.50. The Hall–Kier alpha value is -0.920. The van der Waals surface area contributed by atoms with E-state index in [2.05, 4.69) is 18.4 Å². The van der Waals surface area contributed by atoms with Crippen LogP contribution in [0.4, 0.5) is 0 Å². The molecule has 7 heteroatoms. The first kappa shape index (κ1) is 22.4. The first-order chi connectivity index (χ1) is 9.62. The minimum absolute atomic E-state index is 0.108. The van der Waals surface area contributed by atoms with Crippen LogP contribution in [0.25, 0.3) is 0 Å². The van der Waals surface area contributed by atoms with Gasteiger partial charge in [-0.05, 0) is 39.4 Å². The molecular weight excluding hydrogens is 294 g/mol. The number of carbonyl (C=O) groups is 1. The van der Waals surface area contributed by atoms with E-state index in [0.29, 0.717) is 18.9 Å². The van der Waals surface area contributed by atoms with Gasteiger partial charge in [-0.2, -0.15) is 8.42 Å². The van der Waals surface area contributed by atoms with E-state index in [1.54, 1.807) is 0 Å². The molecular formula is C14H29NO5S. The third kappa shape index (κ3) is 21.5. The molecule has 126 valence electrons. The lowest BCUT2D eigenvalue weighted by molar-refractivity contribution is -0.139. The van der Waals surface area contributed by atoms with Crippen molar-refractivity contribution in [1.82, 2.24) is 4.90 Å². The summed E-state index contributed by atoms with van der Waals surface area (Å²) in [4.78, 5) is 12.8.